The highest BCUT2D eigenvalue weighted by Crippen LogP contribution is 2.42. The molecule has 0 bridgehead atoms. The van der Waals surface area contributed by atoms with E-state index in [1.54, 1.807) is 0 Å². The third-order valence-electron chi connectivity index (χ3n) is 4.51. The molecular formula is C18H23N7. The van der Waals surface area contributed by atoms with Gasteiger partial charge in [0.05, 0.1) is 11.7 Å². The van der Waals surface area contributed by atoms with E-state index in [0.29, 0.717) is 18.4 Å². The molecule has 0 saturated heterocycles. The number of nitrogens with zero attached hydrogens (tertiary/aromatic N) is 4. The predicted octanol–water partition coefficient (Wildman–Crippen LogP) is 2.75. The van der Waals surface area contributed by atoms with Crippen LogP contribution in [0.4, 0.5) is 17.5 Å². The number of benzene rings is 1. The van der Waals surface area contributed by atoms with Gasteiger partial charge in [0, 0.05) is 36.4 Å². The molecule has 0 spiro atoms. The van der Waals surface area contributed by atoms with Gasteiger partial charge in [-0.15, -0.1) is 0 Å². The van der Waals surface area contributed by atoms with Gasteiger partial charge >= 0.3 is 0 Å². The summed E-state index contributed by atoms with van der Waals surface area (Å²) in [6.07, 6.45) is 7.17. The number of aryl methyl sites for hydroxylation is 1. The molecule has 130 valence electrons. The summed E-state index contributed by atoms with van der Waals surface area (Å²) in [6.45, 7) is 1.50. The zero-order valence-corrected chi connectivity index (χ0v) is 14.4. The van der Waals surface area contributed by atoms with Crippen LogP contribution in [-0.2, 0) is 7.05 Å². The van der Waals surface area contributed by atoms with Crippen molar-refractivity contribution in [2.24, 2.45) is 12.8 Å². The van der Waals surface area contributed by atoms with Crippen LogP contribution < -0.4 is 16.4 Å². The van der Waals surface area contributed by atoms with Crippen molar-refractivity contribution >= 4 is 28.4 Å². The van der Waals surface area contributed by atoms with E-state index in [1.807, 2.05) is 36.3 Å². The van der Waals surface area contributed by atoms with Gasteiger partial charge in [-0.3, -0.25) is 4.68 Å². The number of nitrogens with one attached hydrogen (secondary N) is 2. The van der Waals surface area contributed by atoms with E-state index in [0.717, 1.165) is 35.4 Å². The van der Waals surface area contributed by atoms with Crippen molar-refractivity contribution in [3.8, 4) is 0 Å². The summed E-state index contributed by atoms with van der Waals surface area (Å²) in [7, 11) is 1.94. The van der Waals surface area contributed by atoms with Gasteiger partial charge in [0.15, 0.2) is 0 Å². The van der Waals surface area contributed by atoms with Crippen molar-refractivity contribution in [1.29, 1.82) is 0 Å². The second-order valence-corrected chi connectivity index (χ2v) is 6.51. The average Bonchev–Trinajstić information content (AvgIpc) is 3.39. The number of fused-ring (bicyclic) bond motifs is 1. The monoisotopic (exact) mass is 337 g/mol. The van der Waals surface area contributed by atoms with Crippen LogP contribution in [0.5, 0.6) is 0 Å². The molecule has 1 aliphatic carbocycles. The molecule has 7 nitrogen and oxygen atoms in total. The van der Waals surface area contributed by atoms with Crippen LogP contribution in [-0.4, -0.2) is 32.8 Å². The van der Waals surface area contributed by atoms with Gasteiger partial charge in [-0.05, 0) is 49.9 Å². The number of rotatable bonds is 7. The Kier molecular flexibility index (Phi) is 4.23. The number of aromatic nitrogens is 4. The summed E-state index contributed by atoms with van der Waals surface area (Å²) in [5, 5.41) is 12.1. The van der Waals surface area contributed by atoms with Crippen molar-refractivity contribution in [3.63, 3.8) is 0 Å². The fraction of sp³-hybridized carbons (Fsp3) is 0.389. The molecule has 4 rings (SSSR count). The van der Waals surface area contributed by atoms with Gasteiger partial charge in [-0.25, -0.2) is 4.98 Å². The molecule has 1 fully saturated rings. The Morgan fingerprint density at radius 2 is 2.16 bits per heavy atom. The normalized spacial score (nSPS) is 14.0. The maximum Gasteiger partial charge on any atom is 0.229 e. The lowest BCUT2D eigenvalue weighted by atomic mass is 10.2. The molecule has 2 aromatic heterocycles. The second kappa shape index (κ2) is 6.68. The lowest BCUT2D eigenvalue weighted by molar-refractivity contribution is 0.797. The maximum absolute atomic E-state index is 5.59. The topological polar surface area (TPSA) is 93.7 Å². The zero-order chi connectivity index (χ0) is 17.2. The van der Waals surface area contributed by atoms with Crippen LogP contribution in [0.2, 0.25) is 0 Å². The molecule has 0 radical (unpaired) electrons. The van der Waals surface area contributed by atoms with E-state index < -0.39 is 0 Å². The highest BCUT2D eigenvalue weighted by atomic mass is 15.2. The van der Waals surface area contributed by atoms with Crippen LogP contribution in [0.1, 0.15) is 30.7 Å². The SMILES string of the molecule is Cn1ncc2cc(Nc3ncc(C4CC4)c(NCCCN)n3)ccc21. The fourth-order valence-corrected chi connectivity index (χ4v) is 2.97. The first kappa shape index (κ1) is 15.8. The Bertz CT molecular complexity index is 882. The van der Waals surface area contributed by atoms with E-state index in [-0.39, 0.29) is 0 Å². The summed E-state index contributed by atoms with van der Waals surface area (Å²) in [6, 6.07) is 6.12. The molecule has 3 aromatic rings. The van der Waals surface area contributed by atoms with Gasteiger partial charge in [0.2, 0.25) is 5.95 Å². The number of anilines is 3. The highest BCUT2D eigenvalue weighted by molar-refractivity contribution is 5.83. The Balaban J connectivity index is 1.57. The summed E-state index contributed by atoms with van der Waals surface area (Å²) < 4.78 is 1.86. The first-order valence-corrected chi connectivity index (χ1v) is 8.74. The Hall–Kier alpha value is -2.67. The lowest BCUT2D eigenvalue weighted by Gasteiger charge is -2.12. The van der Waals surface area contributed by atoms with E-state index in [4.69, 9.17) is 10.7 Å². The van der Waals surface area contributed by atoms with E-state index >= 15 is 0 Å². The second-order valence-electron chi connectivity index (χ2n) is 6.51. The van der Waals surface area contributed by atoms with Crippen molar-refractivity contribution in [2.45, 2.75) is 25.2 Å². The summed E-state index contributed by atoms with van der Waals surface area (Å²) in [4.78, 5) is 9.19. The molecule has 7 heteroatoms. The molecule has 1 aromatic carbocycles. The van der Waals surface area contributed by atoms with Crippen molar-refractivity contribution in [2.75, 3.05) is 23.7 Å². The van der Waals surface area contributed by atoms with Gasteiger partial charge in [-0.2, -0.15) is 10.1 Å². The van der Waals surface area contributed by atoms with Crippen molar-refractivity contribution in [3.05, 3.63) is 36.2 Å². The summed E-state index contributed by atoms with van der Waals surface area (Å²) in [5.74, 6) is 2.12. The van der Waals surface area contributed by atoms with Crippen LogP contribution in [0.15, 0.2) is 30.6 Å². The smallest absolute Gasteiger partial charge is 0.229 e. The first-order chi connectivity index (χ1) is 12.2. The van der Waals surface area contributed by atoms with E-state index in [2.05, 4.69) is 26.8 Å². The zero-order valence-electron chi connectivity index (χ0n) is 14.4. The number of hydrogen-bond donors (Lipinski definition) is 3. The van der Waals surface area contributed by atoms with Crippen LogP contribution in [0.3, 0.4) is 0 Å². The summed E-state index contributed by atoms with van der Waals surface area (Å²) >= 11 is 0. The first-order valence-electron chi connectivity index (χ1n) is 8.74. The Morgan fingerprint density at radius 1 is 1.28 bits per heavy atom. The van der Waals surface area contributed by atoms with Crippen LogP contribution in [0, 0.1) is 0 Å². The van der Waals surface area contributed by atoms with Crippen LogP contribution in [0.25, 0.3) is 10.9 Å². The molecule has 0 unspecified atom stereocenters. The fourth-order valence-electron chi connectivity index (χ4n) is 2.97. The predicted molar refractivity (Wildman–Crippen MR) is 100 cm³/mol. The molecule has 0 aliphatic heterocycles. The molecule has 1 aliphatic rings. The number of nitrogens with two attached hydrogens (primary N) is 1. The van der Waals surface area contributed by atoms with Gasteiger partial charge in [-0.1, -0.05) is 0 Å². The number of hydrogen-bond acceptors (Lipinski definition) is 6. The standard InChI is InChI=1S/C18H23N7/c1-25-16-6-5-14(9-13(16)10-22-25)23-18-21-11-15(12-3-4-12)17(24-18)20-8-2-7-19/h5-6,9-12H,2-4,7-8,19H2,1H3,(H2,20,21,23,24). The Labute approximate surface area is 146 Å². The minimum absolute atomic E-state index is 0.598. The molecule has 2 heterocycles. The molecule has 4 N–H and O–H groups in total. The van der Waals surface area contributed by atoms with E-state index in [9.17, 15) is 0 Å². The molecule has 25 heavy (non-hydrogen) atoms. The van der Waals surface area contributed by atoms with Crippen LogP contribution >= 0.6 is 0 Å². The lowest BCUT2D eigenvalue weighted by Crippen LogP contribution is -2.12. The van der Waals surface area contributed by atoms with E-state index in [1.165, 1.54) is 18.4 Å². The van der Waals surface area contributed by atoms with Crippen molar-refractivity contribution < 1.29 is 0 Å². The minimum atomic E-state index is 0.598. The Morgan fingerprint density at radius 3 is 2.96 bits per heavy atom. The molecule has 0 atom stereocenters. The summed E-state index contributed by atoms with van der Waals surface area (Å²) in [5.41, 5.74) is 8.85. The van der Waals surface area contributed by atoms with Gasteiger partial charge in [0.25, 0.3) is 0 Å². The molecular weight excluding hydrogens is 314 g/mol. The third-order valence-corrected chi connectivity index (χ3v) is 4.51. The maximum atomic E-state index is 5.59. The van der Waals surface area contributed by atoms with Gasteiger partial charge in [0.1, 0.15) is 5.82 Å². The molecule has 0 amide bonds. The minimum Gasteiger partial charge on any atom is -0.370 e. The average molecular weight is 337 g/mol. The molecule has 1 saturated carbocycles. The third kappa shape index (κ3) is 3.41. The quantitative estimate of drug-likeness (QED) is 0.574. The van der Waals surface area contributed by atoms with Crippen molar-refractivity contribution in [1.82, 2.24) is 19.7 Å². The van der Waals surface area contributed by atoms with Gasteiger partial charge < -0.3 is 16.4 Å². The highest BCUT2D eigenvalue weighted by Gasteiger charge is 2.27. The largest absolute Gasteiger partial charge is 0.370 e.